The number of rotatable bonds is 9. The molecule has 0 saturated carbocycles. The molecule has 0 aliphatic carbocycles. The van der Waals surface area contributed by atoms with Crippen LogP contribution in [0.15, 0.2) is 59.7 Å². The monoisotopic (exact) mass is 487 g/mol. The van der Waals surface area contributed by atoms with Gasteiger partial charge in [0.15, 0.2) is 11.5 Å². The Labute approximate surface area is 202 Å². The Bertz CT molecular complexity index is 1120. The molecule has 0 amide bonds. The zero-order valence-electron chi connectivity index (χ0n) is 17.2. The van der Waals surface area contributed by atoms with Gasteiger partial charge < -0.3 is 14.9 Å². The largest absolute Gasteiger partial charge is 0.490 e. The zero-order valence-corrected chi connectivity index (χ0v) is 19.5. The van der Waals surface area contributed by atoms with E-state index in [2.05, 4.69) is 16.6 Å². The van der Waals surface area contributed by atoms with Crippen molar-refractivity contribution in [2.24, 2.45) is 5.10 Å². The highest BCUT2D eigenvalue weighted by Gasteiger charge is 2.13. The van der Waals surface area contributed by atoms with Crippen molar-refractivity contribution in [3.05, 3.63) is 91.9 Å². The minimum absolute atomic E-state index is 0.291. The van der Waals surface area contributed by atoms with E-state index in [-0.39, 0.29) is 0 Å². The van der Waals surface area contributed by atoms with Crippen molar-refractivity contribution in [2.45, 2.75) is 20.1 Å². The molecule has 3 aromatic carbocycles. The summed E-state index contributed by atoms with van der Waals surface area (Å²) in [7, 11) is 0. The van der Waals surface area contributed by atoms with E-state index in [4.69, 9.17) is 49.5 Å². The summed E-state index contributed by atoms with van der Waals surface area (Å²) < 4.78 is 11.6. The van der Waals surface area contributed by atoms with Crippen LogP contribution < -0.4 is 14.9 Å². The topological polar surface area (TPSA) is 66.6 Å². The van der Waals surface area contributed by atoms with Gasteiger partial charge in [-0.3, -0.25) is 0 Å². The first-order chi connectivity index (χ1) is 15.5. The molecule has 32 heavy (non-hydrogen) atoms. The number of halogens is 3. The van der Waals surface area contributed by atoms with E-state index < -0.39 is 0 Å². The predicted molar refractivity (Wildman–Crippen MR) is 129 cm³/mol. The second-order valence-corrected chi connectivity index (χ2v) is 7.88. The number of nitrogens with one attached hydrogen (secondary N) is 1. The molecule has 0 aliphatic rings. The van der Waals surface area contributed by atoms with E-state index >= 15 is 0 Å². The molecule has 0 radical (unpaired) electrons. The molecule has 8 heteroatoms. The second-order valence-electron chi connectivity index (χ2n) is 6.65. The Morgan fingerprint density at radius 3 is 2.38 bits per heavy atom. The van der Waals surface area contributed by atoms with E-state index in [9.17, 15) is 0 Å². The fourth-order valence-corrected chi connectivity index (χ4v) is 3.65. The van der Waals surface area contributed by atoms with Crippen molar-refractivity contribution in [1.29, 1.82) is 5.26 Å². The summed E-state index contributed by atoms with van der Waals surface area (Å²) in [6.07, 6.45) is 1.63. The summed E-state index contributed by atoms with van der Waals surface area (Å²) >= 11 is 18.8. The lowest BCUT2D eigenvalue weighted by Gasteiger charge is -2.14. The van der Waals surface area contributed by atoms with Crippen LogP contribution in [0, 0.1) is 11.3 Å². The zero-order chi connectivity index (χ0) is 22.9. The molecule has 0 aliphatic heterocycles. The van der Waals surface area contributed by atoms with E-state index in [0.29, 0.717) is 51.9 Å². The summed E-state index contributed by atoms with van der Waals surface area (Å²) in [5.74, 6) is 0.968. The third-order valence-electron chi connectivity index (χ3n) is 4.42. The molecule has 3 rings (SSSR count). The second kappa shape index (κ2) is 11.6. The van der Waals surface area contributed by atoms with Crippen LogP contribution in [0.4, 0.5) is 0 Å². The van der Waals surface area contributed by atoms with Crippen LogP contribution in [0.5, 0.6) is 11.5 Å². The fourth-order valence-electron chi connectivity index (χ4n) is 2.84. The minimum atomic E-state index is 0.291. The van der Waals surface area contributed by atoms with Gasteiger partial charge in [-0.25, -0.2) is 0 Å². The normalized spacial score (nSPS) is 10.7. The van der Waals surface area contributed by atoms with Crippen molar-refractivity contribution in [3.8, 4) is 17.6 Å². The molecular weight excluding hydrogens is 469 g/mol. The average Bonchev–Trinajstić information content (AvgIpc) is 2.78. The fraction of sp³-hybridized carbons (Fsp3) is 0.167. The molecule has 3 aromatic rings. The summed E-state index contributed by atoms with van der Waals surface area (Å²) in [4.78, 5) is 0. The van der Waals surface area contributed by atoms with Gasteiger partial charge in [-0.2, -0.15) is 10.4 Å². The van der Waals surface area contributed by atoms with Crippen LogP contribution in [-0.2, 0) is 13.2 Å². The molecule has 0 unspecified atom stereocenters. The van der Waals surface area contributed by atoms with Crippen LogP contribution in [0.1, 0.15) is 29.2 Å². The van der Waals surface area contributed by atoms with Gasteiger partial charge in [-0.05, 0) is 54.4 Å². The molecule has 0 fully saturated rings. The molecule has 0 atom stereocenters. The Kier molecular flexibility index (Phi) is 8.64. The van der Waals surface area contributed by atoms with Crippen molar-refractivity contribution in [2.75, 3.05) is 6.61 Å². The van der Waals surface area contributed by atoms with Gasteiger partial charge in [-0.15, -0.1) is 0 Å². The number of hydrogen-bond acceptors (Lipinski definition) is 5. The molecule has 0 spiro atoms. The summed E-state index contributed by atoms with van der Waals surface area (Å²) in [6, 6.07) is 18.1. The van der Waals surface area contributed by atoms with Gasteiger partial charge in [-0.1, -0.05) is 53.0 Å². The highest BCUT2D eigenvalue weighted by Crippen LogP contribution is 2.37. The third kappa shape index (κ3) is 6.30. The van der Waals surface area contributed by atoms with E-state index in [1.54, 1.807) is 48.7 Å². The van der Waals surface area contributed by atoms with Crippen LogP contribution in [0.25, 0.3) is 0 Å². The van der Waals surface area contributed by atoms with Gasteiger partial charge in [0.2, 0.25) is 0 Å². The lowest BCUT2D eigenvalue weighted by atomic mass is 10.1. The van der Waals surface area contributed by atoms with Gasteiger partial charge in [0, 0.05) is 15.6 Å². The quantitative estimate of drug-likeness (QED) is 0.271. The highest BCUT2D eigenvalue weighted by molar-refractivity contribution is 6.36. The van der Waals surface area contributed by atoms with Gasteiger partial charge in [0.25, 0.3) is 0 Å². The maximum absolute atomic E-state index is 8.91. The van der Waals surface area contributed by atoms with E-state index in [0.717, 1.165) is 16.7 Å². The number of nitrogens with zero attached hydrogens (tertiary/aromatic N) is 2. The minimum Gasteiger partial charge on any atom is -0.490 e. The smallest absolute Gasteiger partial charge is 0.180 e. The molecule has 164 valence electrons. The van der Waals surface area contributed by atoms with Crippen molar-refractivity contribution < 1.29 is 9.47 Å². The number of nitriles is 1. The van der Waals surface area contributed by atoms with Crippen LogP contribution in [-0.4, -0.2) is 12.8 Å². The van der Waals surface area contributed by atoms with Crippen LogP contribution >= 0.6 is 34.8 Å². The Morgan fingerprint density at radius 1 is 1.00 bits per heavy atom. The first-order valence-corrected chi connectivity index (χ1v) is 10.9. The van der Waals surface area contributed by atoms with Gasteiger partial charge in [0.1, 0.15) is 6.61 Å². The predicted octanol–water partition coefficient (Wildman–Crippen LogP) is 6.62. The number of hydrogen-bond donors (Lipinski definition) is 1. The van der Waals surface area contributed by atoms with E-state index in [1.165, 1.54) is 0 Å². The maximum atomic E-state index is 8.91. The first kappa shape index (κ1) is 23.7. The van der Waals surface area contributed by atoms with Crippen molar-refractivity contribution in [1.82, 2.24) is 5.43 Å². The van der Waals surface area contributed by atoms with Crippen LogP contribution in [0.2, 0.25) is 15.1 Å². The van der Waals surface area contributed by atoms with Gasteiger partial charge in [0.05, 0.1) is 36.0 Å². The van der Waals surface area contributed by atoms with Crippen molar-refractivity contribution in [3.63, 3.8) is 0 Å². The highest BCUT2D eigenvalue weighted by atomic mass is 35.5. The SMILES string of the molecule is CCOc1cc(/C=N\NCc2c(Cl)cccc2Cl)cc(Cl)c1OCc1ccc(C#N)cc1. The number of ether oxygens (including phenoxy) is 2. The molecule has 0 saturated heterocycles. The Morgan fingerprint density at radius 2 is 1.72 bits per heavy atom. The molecule has 1 N–H and O–H groups in total. The average molecular weight is 489 g/mol. The lowest BCUT2D eigenvalue weighted by molar-refractivity contribution is 0.269. The molecule has 5 nitrogen and oxygen atoms in total. The third-order valence-corrected chi connectivity index (χ3v) is 5.41. The summed E-state index contributed by atoms with van der Waals surface area (Å²) in [5, 5.41) is 14.7. The number of hydrazone groups is 1. The summed E-state index contributed by atoms with van der Waals surface area (Å²) in [6.45, 7) is 3.01. The molecular formula is C24H20Cl3N3O2. The first-order valence-electron chi connectivity index (χ1n) is 9.78. The Hall–Kier alpha value is -2.91. The molecule has 0 heterocycles. The standard InChI is InChI=1S/C24H20Cl3N3O2/c1-2-31-23-11-18(13-29-30-14-19-20(25)4-3-5-21(19)26)10-22(27)24(23)32-15-17-8-6-16(12-28)7-9-17/h3-11,13,30H,2,14-15H2,1H3/b29-13-. The molecule has 0 aromatic heterocycles. The van der Waals surface area contributed by atoms with Crippen LogP contribution in [0.3, 0.4) is 0 Å². The Balaban J connectivity index is 1.70. The molecule has 0 bridgehead atoms. The lowest BCUT2D eigenvalue weighted by Crippen LogP contribution is -2.07. The summed E-state index contributed by atoms with van der Waals surface area (Å²) in [5.41, 5.74) is 5.95. The van der Waals surface area contributed by atoms with E-state index in [1.807, 2.05) is 19.1 Å². The van der Waals surface area contributed by atoms with Gasteiger partial charge >= 0.3 is 0 Å². The maximum Gasteiger partial charge on any atom is 0.180 e. The number of benzene rings is 3. The van der Waals surface area contributed by atoms with Crippen molar-refractivity contribution >= 4 is 41.0 Å².